The Balaban J connectivity index is 2.17. The number of pyridine rings is 1. The number of ether oxygens (including phenoxy) is 1. The molecule has 1 atom stereocenters. The van der Waals surface area contributed by atoms with Crippen molar-refractivity contribution < 1.29 is 4.74 Å². The van der Waals surface area contributed by atoms with Crippen LogP contribution in [0.3, 0.4) is 0 Å². The molecule has 0 fully saturated rings. The van der Waals surface area contributed by atoms with Gasteiger partial charge >= 0.3 is 0 Å². The number of aryl methyl sites for hydroxylation is 1. The molecule has 1 aromatic carbocycles. The Labute approximate surface area is 95.3 Å². The highest BCUT2D eigenvalue weighted by molar-refractivity contribution is 5.86. The van der Waals surface area contributed by atoms with Gasteiger partial charge in [0.2, 0.25) is 0 Å². The van der Waals surface area contributed by atoms with Gasteiger partial charge in [0.15, 0.2) is 0 Å². The van der Waals surface area contributed by atoms with E-state index in [9.17, 15) is 0 Å². The summed E-state index contributed by atoms with van der Waals surface area (Å²) in [5.41, 5.74) is 2.35. The van der Waals surface area contributed by atoms with E-state index >= 15 is 0 Å². The topological polar surface area (TPSA) is 22.1 Å². The maximum atomic E-state index is 6.05. The monoisotopic (exact) mass is 213 g/mol. The maximum absolute atomic E-state index is 6.05. The number of nitrogens with zero attached hydrogens (tertiary/aromatic N) is 1. The van der Waals surface area contributed by atoms with E-state index in [1.54, 1.807) is 0 Å². The van der Waals surface area contributed by atoms with Gasteiger partial charge in [-0.3, -0.25) is 4.98 Å². The molecule has 2 heteroatoms. The van der Waals surface area contributed by atoms with Crippen LogP contribution in [0.15, 0.2) is 30.5 Å². The van der Waals surface area contributed by atoms with Crippen LogP contribution in [0.2, 0.25) is 0 Å². The van der Waals surface area contributed by atoms with Crippen LogP contribution in [-0.2, 0) is 6.42 Å². The Bertz CT molecular complexity index is 521. The lowest BCUT2D eigenvalue weighted by Gasteiger charge is -2.26. The van der Waals surface area contributed by atoms with E-state index in [1.807, 2.05) is 12.3 Å². The van der Waals surface area contributed by atoms with Crippen molar-refractivity contribution in [3.8, 4) is 5.75 Å². The summed E-state index contributed by atoms with van der Waals surface area (Å²) >= 11 is 0. The zero-order valence-electron chi connectivity index (χ0n) is 9.44. The average Bonchev–Trinajstić information content (AvgIpc) is 2.38. The van der Waals surface area contributed by atoms with Crippen molar-refractivity contribution in [1.82, 2.24) is 4.98 Å². The highest BCUT2D eigenvalue weighted by Gasteiger charge is 2.20. The van der Waals surface area contributed by atoms with Crippen LogP contribution in [0.25, 0.3) is 10.9 Å². The Morgan fingerprint density at radius 3 is 3.19 bits per heavy atom. The molecule has 1 aliphatic heterocycles. The lowest BCUT2D eigenvalue weighted by Crippen LogP contribution is -2.21. The number of rotatable bonds is 1. The van der Waals surface area contributed by atoms with Crippen molar-refractivity contribution in [3.63, 3.8) is 0 Å². The summed E-state index contributed by atoms with van der Waals surface area (Å²) in [5, 5.41) is 1.15. The summed E-state index contributed by atoms with van der Waals surface area (Å²) in [5.74, 6) is 1.06. The second-order valence-electron chi connectivity index (χ2n) is 4.31. The number of aromatic nitrogens is 1. The van der Waals surface area contributed by atoms with Gasteiger partial charge in [0.05, 0.1) is 11.6 Å². The molecule has 0 aliphatic carbocycles. The van der Waals surface area contributed by atoms with Gasteiger partial charge in [0.25, 0.3) is 0 Å². The number of hydrogen-bond acceptors (Lipinski definition) is 2. The Morgan fingerprint density at radius 2 is 2.31 bits per heavy atom. The third kappa shape index (κ3) is 1.45. The highest BCUT2D eigenvalue weighted by atomic mass is 16.5. The van der Waals surface area contributed by atoms with Gasteiger partial charge in [-0.1, -0.05) is 13.0 Å². The lowest BCUT2D eigenvalue weighted by molar-refractivity contribution is 0.172. The minimum atomic E-state index is 0.373. The second-order valence-corrected chi connectivity index (χ2v) is 4.31. The Morgan fingerprint density at radius 1 is 1.38 bits per heavy atom. The zero-order chi connectivity index (χ0) is 11.0. The Hall–Kier alpha value is -1.57. The predicted octanol–water partition coefficient (Wildman–Crippen LogP) is 3.34. The van der Waals surface area contributed by atoms with Gasteiger partial charge < -0.3 is 4.74 Å². The molecule has 2 heterocycles. The predicted molar refractivity (Wildman–Crippen MR) is 64.8 cm³/mol. The summed E-state index contributed by atoms with van der Waals surface area (Å²) in [6.07, 6.45) is 5.54. The van der Waals surface area contributed by atoms with E-state index in [1.165, 1.54) is 5.56 Å². The number of fused-ring (bicyclic) bond motifs is 3. The molecular weight excluding hydrogens is 198 g/mol. The number of hydrogen-bond donors (Lipinski definition) is 0. The van der Waals surface area contributed by atoms with Crippen molar-refractivity contribution in [2.45, 2.75) is 32.3 Å². The van der Waals surface area contributed by atoms with Gasteiger partial charge in [-0.15, -0.1) is 0 Å². The summed E-state index contributed by atoms with van der Waals surface area (Å²) in [6.45, 7) is 2.18. The molecule has 0 bridgehead atoms. The standard InChI is InChI=1S/C14H15NO/c1-2-11-7-5-10-6-8-13-12(14(10)16-11)4-3-9-15-13/h3-4,6,8-9,11H,2,5,7H2,1H3. The van der Waals surface area contributed by atoms with Crippen LogP contribution in [0, 0.1) is 0 Å². The highest BCUT2D eigenvalue weighted by Crippen LogP contribution is 2.34. The molecule has 2 aromatic rings. The largest absolute Gasteiger partial charge is 0.489 e. The first kappa shape index (κ1) is 9.64. The fourth-order valence-corrected chi connectivity index (χ4v) is 2.34. The molecule has 0 saturated carbocycles. The molecular formula is C14H15NO. The van der Waals surface area contributed by atoms with Crippen molar-refractivity contribution in [2.24, 2.45) is 0 Å². The van der Waals surface area contributed by atoms with Crippen LogP contribution >= 0.6 is 0 Å². The quantitative estimate of drug-likeness (QED) is 0.724. The summed E-state index contributed by atoms with van der Waals surface area (Å²) in [6, 6.07) is 8.31. The molecule has 1 aromatic heterocycles. The van der Waals surface area contributed by atoms with Crippen LogP contribution in [0.4, 0.5) is 0 Å². The molecule has 3 rings (SSSR count). The van der Waals surface area contributed by atoms with E-state index in [2.05, 4.69) is 30.1 Å². The first-order chi connectivity index (χ1) is 7.88. The SMILES string of the molecule is CCC1CCc2ccc3ncccc3c2O1. The minimum absolute atomic E-state index is 0.373. The van der Waals surface area contributed by atoms with Crippen molar-refractivity contribution in [3.05, 3.63) is 36.0 Å². The van der Waals surface area contributed by atoms with Crippen LogP contribution in [0.5, 0.6) is 5.75 Å². The van der Waals surface area contributed by atoms with Crippen molar-refractivity contribution >= 4 is 10.9 Å². The molecule has 82 valence electrons. The third-order valence-corrected chi connectivity index (χ3v) is 3.29. The normalized spacial score (nSPS) is 19.2. The van der Waals surface area contributed by atoms with Gasteiger partial charge in [0.1, 0.15) is 5.75 Å². The number of benzene rings is 1. The van der Waals surface area contributed by atoms with Gasteiger partial charge in [-0.25, -0.2) is 0 Å². The summed E-state index contributed by atoms with van der Waals surface area (Å²) in [7, 11) is 0. The summed E-state index contributed by atoms with van der Waals surface area (Å²) in [4.78, 5) is 4.36. The van der Waals surface area contributed by atoms with Gasteiger partial charge in [-0.2, -0.15) is 0 Å². The van der Waals surface area contributed by atoms with Gasteiger partial charge in [-0.05, 0) is 43.0 Å². The molecule has 0 amide bonds. The molecule has 1 aliphatic rings. The maximum Gasteiger partial charge on any atom is 0.132 e. The van der Waals surface area contributed by atoms with Crippen LogP contribution in [-0.4, -0.2) is 11.1 Å². The smallest absolute Gasteiger partial charge is 0.132 e. The molecule has 0 radical (unpaired) electrons. The fourth-order valence-electron chi connectivity index (χ4n) is 2.34. The average molecular weight is 213 g/mol. The van der Waals surface area contributed by atoms with E-state index in [-0.39, 0.29) is 0 Å². The van der Waals surface area contributed by atoms with Gasteiger partial charge in [0, 0.05) is 11.6 Å². The van der Waals surface area contributed by atoms with Crippen LogP contribution in [0.1, 0.15) is 25.3 Å². The molecule has 0 saturated heterocycles. The minimum Gasteiger partial charge on any atom is -0.489 e. The van der Waals surface area contributed by atoms with E-state index in [0.717, 1.165) is 35.9 Å². The summed E-state index contributed by atoms with van der Waals surface area (Å²) < 4.78 is 6.05. The molecule has 0 spiro atoms. The second kappa shape index (κ2) is 3.78. The first-order valence-corrected chi connectivity index (χ1v) is 5.91. The molecule has 2 nitrogen and oxygen atoms in total. The molecule has 0 N–H and O–H groups in total. The Kier molecular flexibility index (Phi) is 2.28. The fraction of sp³-hybridized carbons (Fsp3) is 0.357. The van der Waals surface area contributed by atoms with E-state index in [0.29, 0.717) is 6.10 Å². The molecule has 1 unspecified atom stereocenters. The zero-order valence-corrected chi connectivity index (χ0v) is 9.44. The van der Waals surface area contributed by atoms with E-state index < -0.39 is 0 Å². The van der Waals surface area contributed by atoms with Crippen LogP contribution < -0.4 is 4.74 Å². The van der Waals surface area contributed by atoms with Crippen molar-refractivity contribution in [1.29, 1.82) is 0 Å². The molecule has 16 heavy (non-hydrogen) atoms. The third-order valence-electron chi connectivity index (χ3n) is 3.29. The van der Waals surface area contributed by atoms with E-state index in [4.69, 9.17) is 4.74 Å². The first-order valence-electron chi connectivity index (χ1n) is 5.91. The lowest BCUT2D eigenvalue weighted by atomic mass is 9.98. The van der Waals surface area contributed by atoms with Crippen molar-refractivity contribution in [2.75, 3.05) is 0 Å².